The molecule has 0 bridgehead atoms. The molecule has 1 aromatic rings. The number of Topliss-reactive ketones (excluding diaryl/α,β-unsaturated/α-hetero) is 1. The summed E-state index contributed by atoms with van der Waals surface area (Å²) in [5.74, 6) is 0.0106. The van der Waals surface area contributed by atoms with Crippen LogP contribution in [0.15, 0.2) is 6.07 Å². The summed E-state index contributed by atoms with van der Waals surface area (Å²) in [4.78, 5) is 14.3. The van der Waals surface area contributed by atoms with Gasteiger partial charge in [-0.1, -0.05) is 13.8 Å². The van der Waals surface area contributed by atoms with E-state index in [1.165, 1.54) is 0 Å². The van der Waals surface area contributed by atoms with Crippen molar-refractivity contribution >= 4 is 17.4 Å². The largest absolute Gasteiger partial charge is 0.348 e. The van der Waals surface area contributed by atoms with Crippen LogP contribution in [-0.4, -0.2) is 41.3 Å². The molecular formula is C16H27ClN2O. The van der Waals surface area contributed by atoms with Gasteiger partial charge < -0.3 is 9.47 Å². The molecule has 0 fully saturated rings. The van der Waals surface area contributed by atoms with Gasteiger partial charge in [-0.15, -0.1) is 11.6 Å². The summed E-state index contributed by atoms with van der Waals surface area (Å²) in [5, 5.41) is -0.473. The van der Waals surface area contributed by atoms with Gasteiger partial charge in [-0.05, 0) is 46.3 Å². The first-order chi connectivity index (χ1) is 9.05. The number of carbonyl (C=O) groups excluding carboxylic acids is 1. The third kappa shape index (κ3) is 4.10. The van der Waals surface area contributed by atoms with E-state index in [4.69, 9.17) is 11.6 Å². The average Bonchev–Trinajstić information content (AvgIpc) is 2.53. The zero-order chi connectivity index (χ0) is 15.7. The average molecular weight is 299 g/mol. The molecule has 114 valence electrons. The Kier molecular flexibility index (Phi) is 5.45. The van der Waals surface area contributed by atoms with E-state index in [1.54, 1.807) is 6.92 Å². The highest BCUT2D eigenvalue weighted by Crippen LogP contribution is 2.25. The number of hydrogen-bond acceptors (Lipinski definition) is 2. The summed E-state index contributed by atoms with van der Waals surface area (Å²) in [6, 6.07) is 1.96. The van der Waals surface area contributed by atoms with Gasteiger partial charge in [-0.2, -0.15) is 0 Å². The zero-order valence-corrected chi connectivity index (χ0v) is 14.5. The van der Waals surface area contributed by atoms with Gasteiger partial charge in [0.15, 0.2) is 5.78 Å². The maximum atomic E-state index is 12.1. The molecule has 0 aromatic carbocycles. The summed E-state index contributed by atoms with van der Waals surface area (Å²) < 4.78 is 2.23. The number of nitrogens with zero attached hydrogens (tertiary/aromatic N) is 2. The van der Waals surface area contributed by atoms with Crippen LogP contribution in [0.4, 0.5) is 0 Å². The van der Waals surface area contributed by atoms with Gasteiger partial charge in [0.25, 0.3) is 0 Å². The third-order valence-corrected chi connectivity index (χ3v) is 3.73. The fraction of sp³-hybridized carbons (Fsp3) is 0.688. The minimum atomic E-state index is -0.473. The first-order valence-electron chi connectivity index (χ1n) is 7.05. The Morgan fingerprint density at radius 1 is 1.40 bits per heavy atom. The Hall–Kier alpha value is -0.800. The quantitative estimate of drug-likeness (QED) is 0.593. The van der Waals surface area contributed by atoms with Gasteiger partial charge in [-0.3, -0.25) is 4.79 Å². The third-order valence-electron chi connectivity index (χ3n) is 3.53. The van der Waals surface area contributed by atoms with Gasteiger partial charge in [0.1, 0.15) is 0 Å². The molecule has 0 amide bonds. The van der Waals surface area contributed by atoms with Crippen LogP contribution in [-0.2, 0) is 6.54 Å². The first-order valence-corrected chi connectivity index (χ1v) is 7.48. The predicted molar refractivity (Wildman–Crippen MR) is 85.9 cm³/mol. The number of hydrogen-bond donors (Lipinski definition) is 0. The van der Waals surface area contributed by atoms with Gasteiger partial charge in [0.05, 0.1) is 5.38 Å². The lowest BCUT2D eigenvalue weighted by molar-refractivity contribution is 0.0990. The molecule has 1 rings (SSSR count). The van der Waals surface area contributed by atoms with Crippen LogP contribution >= 0.6 is 11.6 Å². The van der Waals surface area contributed by atoms with Crippen molar-refractivity contribution in [2.45, 2.75) is 46.5 Å². The minimum Gasteiger partial charge on any atom is -0.348 e. The van der Waals surface area contributed by atoms with Crippen molar-refractivity contribution in [3.8, 4) is 0 Å². The Bertz CT molecular complexity index is 487. The van der Waals surface area contributed by atoms with E-state index in [2.05, 4.69) is 44.3 Å². The van der Waals surface area contributed by atoms with E-state index < -0.39 is 5.38 Å². The first kappa shape index (κ1) is 17.3. The molecule has 0 aliphatic heterocycles. The van der Waals surface area contributed by atoms with E-state index >= 15 is 0 Å². The molecule has 0 radical (unpaired) electrons. The number of rotatable bonds is 6. The number of halogens is 1. The second-order valence-electron chi connectivity index (χ2n) is 6.75. The molecular weight excluding hydrogens is 272 g/mol. The fourth-order valence-electron chi connectivity index (χ4n) is 2.84. The van der Waals surface area contributed by atoms with Crippen molar-refractivity contribution in [2.24, 2.45) is 5.41 Å². The second kappa shape index (κ2) is 6.31. The monoisotopic (exact) mass is 298 g/mol. The van der Waals surface area contributed by atoms with Crippen LogP contribution in [0, 0.1) is 19.3 Å². The molecule has 4 heteroatoms. The number of aryl methyl sites for hydroxylation is 1. The van der Waals surface area contributed by atoms with Crippen LogP contribution in [0.2, 0.25) is 0 Å². The molecule has 0 N–H and O–H groups in total. The van der Waals surface area contributed by atoms with E-state index in [-0.39, 0.29) is 11.2 Å². The topological polar surface area (TPSA) is 25.2 Å². The molecule has 0 aliphatic carbocycles. The standard InChI is InChI=1S/C16H27ClN2O/c1-11-8-14(15(20)12(2)17)13(3)19(11)10-16(4,5)9-18(6)7/h8,12H,9-10H2,1-7H3. The Morgan fingerprint density at radius 2 is 1.95 bits per heavy atom. The SMILES string of the molecule is Cc1cc(C(=O)C(C)Cl)c(C)n1CC(C)(C)CN(C)C. The van der Waals surface area contributed by atoms with E-state index in [9.17, 15) is 4.79 Å². The lowest BCUT2D eigenvalue weighted by Gasteiger charge is -2.30. The molecule has 3 nitrogen and oxygen atoms in total. The number of carbonyl (C=O) groups is 1. The number of aromatic nitrogens is 1. The van der Waals surface area contributed by atoms with Crippen molar-refractivity contribution in [3.05, 3.63) is 23.0 Å². The highest BCUT2D eigenvalue weighted by Gasteiger charge is 2.24. The van der Waals surface area contributed by atoms with Crippen molar-refractivity contribution in [1.29, 1.82) is 0 Å². The van der Waals surface area contributed by atoms with Crippen LogP contribution in [0.25, 0.3) is 0 Å². The molecule has 0 aliphatic rings. The predicted octanol–water partition coefficient (Wildman–Crippen LogP) is 3.50. The lowest BCUT2D eigenvalue weighted by atomic mass is 9.92. The van der Waals surface area contributed by atoms with E-state index in [0.717, 1.165) is 30.0 Å². The molecule has 1 unspecified atom stereocenters. The summed E-state index contributed by atoms with van der Waals surface area (Å²) in [7, 11) is 4.17. The van der Waals surface area contributed by atoms with Gasteiger partial charge in [0.2, 0.25) is 0 Å². The summed E-state index contributed by atoms with van der Waals surface area (Å²) in [6.07, 6.45) is 0. The molecule has 20 heavy (non-hydrogen) atoms. The normalized spacial score (nSPS) is 13.8. The molecule has 0 saturated carbocycles. The van der Waals surface area contributed by atoms with Crippen LogP contribution in [0.1, 0.15) is 42.5 Å². The summed E-state index contributed by atoms with van der Waals surface area (Å²) in [5.41, 5.74) is 3.04. The summed E-state index contributed by atoms with van der Waals surface area (Å²) >= 11 is 5.93. The van der Waals surface area contributed by atoms with Crippen LogP contribution in [0.3, 0.4) is 0 Å². The summed E-state index contributed by atoms with van der Waals surface area (Å²) in [6.45, 7) is 12.2. The highest BCUT2D eigenvalue weighted by molar-refractivity contribution is 6.33. The molecule has 1 aromatic heterocycles. The van der Waals surface area contributed by atoms with Crippen molar-refractivity contribution in [2.75, 3.05) is 20.6 Å². The fourth-order valence-corrected chi connectivity index (χ4v) is 2.96. The Labute approximate surface area is 127 Å². The Balaban J connectivity index is 3.06. The Morgan fingerprint density at radius 3 is 2.40 bits per heavy atom. The molecule has 0 spiro atoms. The number of alkyl halides is 1. The van der Waals surface area contributed by atoms with E-state index in [0.29, 0.717) is 0 Å². The smallest absolute Gasteiger partial charge is 0.182 e. The van der Waals surface area contributed by atoms with Crippen molar-refractivity contribution < 1.29 is 4.79 Å². The number of ketones is 1. The van der Waals surface area contributed by atoms with Gasteiger partial charge in [-0.25, -0.2) is 0 Å². The van der Waals surface area contributed by atoms with Crippen molar-refractivity contribution in [3.63, 3.8) is 0 Å². The lowest BCUT2D eigenvalue weighted by Crippen LogP contribution is -2.33. The molecule has 0 saturated heterocycles. The maximum absolute atomic E-state index is 12.1. The van der Waals surface area contributed by atoms with Crippen LogP contribution in [0.5, 0.6) is 0 Å². The zero-order valence-electron chi connectivity index (χ0n) is 13.7. The highest BCUT2D eigenvalue weighted by atomic mass is 35.5. The molecule has 1 heterocycles. The van der Waals surface area contributed by atoms with Gasteiger partial charge in [0, 0.05) is 30.0 Å². The van der Waals surface area contributed by atoms with Gasteiger partial charge >= 0.3 is 0 Å². The minimum absolute atomic E-state index is 0.0106. The van der Waals surface area contributed by atoms with E-state index in [1.807, 2.05) is 13.0 Å². The second-order valence-corrected chi connectivity index (χ2v) is 7.41. The maximum Gasteiger partial charge on any atom is 0.182 e. The molecule has 1 atom stereocenters. The van der Waals surface area contributed by atoms with Crippen LogP contribution < -0.4 is 0 Å². The van der Waals surface area contributed by atoms with Crippen molar-refractivity contribution in [1.82, 2.24) is 9.47 Å².